The van der Waals surface area contributed by atoms with Crippen molar-refractivity contribution in [3.05, 3.63) is 28.2 Å². The van der Waals surface area contributed by atoms with Crippen LogP contribution in [0.5, 0.6) is 5.75 Å². The minimum atomic E-state index is 0.0868. The van der Waals surface area contributed by atoms with Gasteiger partial charge in [0.1, 0.15) is 5.75 Å². The van der Waals surface area contributed by atoms with Crippen LogP contribution in [0.3, 0.4) is 0 Å². The van der Waals surface area contributed by atoms with E-state index in [1.807, 2.05) is 6.07 Å². The van der Waals surface area contributed by atoms with Crippen molar-refractivity contribution >= 4 is 27.5 Å². The summed E-state index contributed by atoms with van der Waals surface area (Å²) in [5.74, 6) is 1.40. The van der Waals surface area contributed by atoms with Crippen molar-refractivity contribution in [3.8, 4) is 5.75 Å². The minimum Gasteiger partial charge on any atom is -0.496 e. The third-order valence-corrected chi connectivity index (χ3v) is 4.59. The van der Waals surface area contributed by atoms with Crippen molar-refractivity contribution in [1.29, 1.82) is 0 Å². The Morgan fingerprint density at radius 2 is 2.06 bits per heavy atom. The Morgan fingerprint density at radius 1 is 1.33 bits per heavy atom. The summed E-state index contributed by atoms with van der Waals surface area (Å²) in [7, 11) is 1.67. The van der Waals surface area contributed by atoms with Crippen molar-refractivity contribution in [2.75, 3.05) is 7.11 Å². The maximum Gasteiger partial charge on any atom is 0.133 e. The highest BCUT2D eigenvalue weighted by Gasteiger charge is 2.19. The number of ether oxygens (including phenoxy) is 1. The Balaban J connectivity index is 2.81. The molecule has 0 aliphatic rings. The van der Waals surface area contributed by atoms with E-state index in [0.717, 1.165) is 16.6 Å². The van der Waals surface area contributed by atoms with Gasteiger partial charge in [-0.1, -0.05) is 39.2 Å². The molecule has 3 heteroatoms. The number of rotatable bonds is 7. The van der Waals surface area contributed by atoms with E-state index in [0.29, 0.717) is 5.92 Å². The van der Waals surface area contributed by atoms with Gasteiger partial charge in [-0.15, -0.1) is 11.6 Å². The predicted molar refractivity (Wildman–Crippen MR) is 82.6 cm³/mol. The number of methoxy groups -OCH3 is 1. The summed E-state index contributed by atoms with van der Waals surface area (Å²) < 4.78 is 6.21. The van der Waals surface area contributed by atoms with E-state index in [1.54, 1.807) is 7.11 Å². The van der Waals surface area contributed by atoms with E-state index in [-0.39, 0.29) is 5.38 Å². The van der Waals surface area contributed by atoms with Crippen LogP contribution in [0, 0.1) is 5.92 Å². The molecule has 1 nitrogen and oxygen atoms in total. The molecule has 0 N–H and O–H groups in total. The Hall–Kier alpha value is -0.210. The molecule has 0 spiro atoms. The van der Waals surface area contributed by atoms with Crippen molar-refractivity contribution < 1.29 is 4.74 Å². The number of halogens is 2. The first-order valence-corrected chi connectivity index (χ1v) is 7.84. The minimum absolute atomic E-state index is 0.0868. The lowest BCUT2D eigenvalue weighted by molar-refractivity contribution is 0.410. The van der Waals surface area contributed by atoms with Crippen LogP contribution in [-0.2, 0) is 0 Å². The third-order valence-electron chi connectivity index (χ3n) is 3.36. The van der Waals surface area contributed by atoms with Crippen LogP contribution in [0.25, 0.3) is 0 Å². The van der Waals surface area contributed by atoms with Gasteiger partial charge in [-0.3, -0.25) is 0 Å². The lowest BCUT2D eigenvalue weighted by Crippen LogP contribution is -2.07. The normalized spacial score (nSPS) is 14.3. The lowest BCUT2D eigenvalue weighted by Gasteiger charge is -2.21. The summed E-state index contributed by atoms with van der Waals surface area (Å²) in [6.07, 6.45) is 4.80. The van der Waals surface area contributed by atoms with Crippen LogP contribution >= 0.6 is 27.5 Å². The number of hydrogen-bond acceptors (Lipinski definition) is 1. The van der Waals surface area contributed by atoms with Crippen molar-refractivity contribution in [3.63, 3.8) is 0 Å². The second-order valence-electron chi connectivity index (χ2n) is 4.61. The standard InChI is InChI=1S/C15H22BrClO/c1-4-6-7-11(5-2)15(17)12-8-9-14(18-3)13(16)10-12/h8-11,15H,4-7H2,1-3H3. The fourth-order valence-electron chi connectivity index (χ4n) is 2.15. The van der Waals surface area contributed by atoms with Gasteiger partial charge < -0.3 is 4.74 Å². The summed E-state index contributed by atoms with van der Waals surface area (Å²) in [5, 5.41) is 0.0868. The monoisotopic (exact) mass is 332 g/mol. The molecule has 0 saturated heterocycles. The van der Waals surface area contributed by atoms with Crippen LogP contribution in [0.15, 0.2) is 22.7 Å². The molecule has 18 heavy (non-hydrogen) atoms. The Morgan fingerprint density at radius 3 is 2.56 bits per heavy atom. The van der Waals surface area contributed by atoms with Crippen molar-refractivity contribution in [1.82, 2.24) is 0 Å². The van der Waals surface area contributed by atoms with Crippen LogP contribution in [0.2, 0.25) is 0 Å². The molecule has 2 atom stereocenters. The molecular formula is C15H22BrClO. The van der Waals surface area contributed by atoms with Gasteiger partial charge in [-0.05, 0) is 46.0 Å². The van der Waals surface area contributed by atoms with E-state index >= 15 is 0 Å². The van der Waals surface area contributed by atoms with Gasteiger partial charge in [0.05, 0.1) is 17.0 Å². The highest BCUT2D eigenvalue weighted by Crippen LogP contribution is 2.37. The van der Waals surface area contributed by atoms with E-state index < -0.39 is 0 Å². The molecule has 1 rings (SSSR count). The average molecular weight is 334 g/mol. The Bertz CT molecular complexity index is 368. The molecular weight excluding hydrogens is 312 g/mol. The van der Waals surface area contributed by atoms with Crippen LogP contribution in [-0.4, -0.2) is 7.11 Å². The zero-order valence-electron chi connectivity index (χ0n) is 11.4. The van der Waals surface area contributed by atoms with E-state index in [1.165, 1.54) is 24.8 Å². The summed E-state index contributed by atoms with van der Waals surface area (Å²) >= 11 is 10.1. The van der Waals surface area contributed by atoms with Crippen LogP contribution in [0.4, 0.5) is 0 Å². The van der Waals surface area contributed by atoms with E-state index in [9.17, 15) is 0 Å². The molecule has 0 aliphatic carbocycles. The number of alkyl halides is 1. The van der Waals surface area contributed by atoms with Crippen LogP contribution < -0.4 is 4.74 Å². The first-order chi connectivity index (χ1) is 8.63. The molecule has 0 amide bonds. The van der Waals surface area contributed by atoms with Gasteiger partial charge in [0, 0.05) is 0 Å². The fraction of sp³-hybridized carbons (Fsp3) is 0.600. The predicted octanol–water partition coefficient (Wildman–Crippen LogP) is 5.95. The highest BCUT2D eigenvalue weighted by molar-refractivity contribution is 9.10. The molecule has 0 bridgehead atoms. The lowest BCUT2D eigenvalue weighted by atomic mass is 9.91. The molecule has 0 fully saturated rings. The molecule has 0 aliphatic heterocycles. The zero-order valence-corrected chi connectivity index (χ0v) is 13.7. The summed E-state index contributed by atoms with van der Waals surface area (Å²) in [6, 6.07) is 6.11. The largest absolute Gasteiger partial charge is 0.496 e. The van der Waals surface area contributed by atoms with E-state index in [4.69, 9.17) is 16.3 Å². The molecule has 102 valence electrons. The molecule has 0 saturated carbocycles. The summed E-state index contributed by atoms with van der Waals surface area (Å²) in [4.78, 5) is 0. The van der Waals surface area contributed by atoms with Gasteiger partial charge in [0.25, 0.3) is 0 Å². The quantitative estimate of drug-likeness (QED) is 0.560. The Kier molecular flexibility index (Phi) is 7.10. The molecule has 0 radical (unpaired) electrons. The summed E-state index contributed by atoms with van der Waals surface area (Å²) in [5.41, 5.74) is 1.17. The molecule has 1 aromatic rings. The van der Waals surface area contributed by atoms with Crippen LogP contribution in [0.1, 0.15) is 50.5 Å². The number of hydrogen-bond donors (Lipinski definition) is 0. The maximum atomic E-state index is 6.61. The van der Waals surface area contributed by atoms with Gasteiger partial charge in [-0.2, -0.15) is 0 Å². The van der Waals surface area contributed by atoms with Crippen molar-refractivity contribution in [2.45, 2.75) is 44.9 Å². The first kappa shape index (κ1) is 15.8. The maximum absolute atomic E-state index is 6.61. The zero-order chi connectivity index (χ0) is 13.5. The summed E-state index contributed by atoms with van der Waals surface area (Å²) in [6.45, 7) is 4.44. The van der Waals surface area contributed by atoms with E-state index in [2.05, 4.69) is 41.9 Å². The molecule has 2 unspecified atom stereocenters. The second kappa shape index (κ2) is 8.06. The fourth-order valence-corrected chi connectivity index (χ4v) is 3.15. The topological polar surface area (TPSA) is 9.23 Å². The Labute approximate surface area is 124 Å². The first-order valence-electron chi connectivity index (χ1n) is 6.61. The number of benzene rings is 1. The molecule has 0 aromatic heterocycles. The third kappa shape index (κ3) is 4.17. The van der Waals surface area contributed by atoms with Crippen molar-refractivity contribution in [2.24, 2.45) is 5.92 Å². The van der Waals surface area contributed by atoms with Gasteiger partial charge >= 0.3 is 0 Å². The second-order valence-corrected chi connectivity index (χ2v) is 5.93. The van der Waals surface area contributed by atoms with Gasteiger partial charge in [-0.25, -0.2) is 0 Å². The number of unbranched alkanes of at least 4 members (excludes halogenated alkanes) is 1. The van der Waals surface area contributed by atoms with Gasteiger partial charge in [0.2, 0.25) is 0 Å². The smallest absolute Gasteiger partial charge is 0.133 e. The SMILES string of the molecule is CCCCC(CC)C(Cl)c1ccc(OC)c(Br)c1. The molecule has 1 aromatic carbocycles. The highest BCUT2D eigenvalue weighted by atomic mass is 79.9. The molecule has 0 heterocycles. The average Bonchev–Trinajstić information content (AvgIpc) is 2.39. The van der Waals surface area contributed by atoms with Gasteiger partial charge in [0.15, 0.2) is 0 Å².